The normalized spacial score (nSPS) is 16.3. The molecule has 1 heterocycles. The zero-order chi connectivity index (χ0) is 19.1. The first-order chi connectivity index (χ1) is 13.1. The van der Waals surface area contributed by atoms with Gasteiger partial charge in [-0.2, -0.15) is 0 Å². The second-order valence-corrected chi connectivity index (χ2v) is 8.10. The Kier molecular flexibility index (Phi) is 7.05. The van der Waals surface area contributed by atoms with E-state index in [9.17, 15) is 4.79 Å². The van der Waals surface area contributed by atoms with Gasteiger partial charge >= 0.3 is 0 Å². The minimum absolute atomic E-state index is 0.00836. The number of nitrogens with one attached hydrogen (secondary N) is 1. The number of carbonyl (C=O) groups is 1. The molecule has 1 amide bonds. The van der Waals surface area contributed by atoms with E-state index in [0.29, 0.717) is 5.92 Å². The predicted octanol–water partition coefficient (Wildman–Crippen LogP) is 5.19. The molecule has 144 valence electrons. The van der Waals surface area contributed by atoms with E-state index in [4.69, 9.17) is 0 Å². The van der Waals surface area contributed by atoms with E-state index in [2.05, 4.69) is 48.3 Å². The number of likely N-dealkylation sites (tertiary alicyclic amines) is 1. The second kappa shape index (κ2) is 9.70. The fourth-order valence-corrected chi connectivity index (χ4v) is 3.81. The second-order valence-electron chi connectivity index (χ2n) is 8.10. The van der Waals surface area contributed by atoms with Gasteiger partial charge in [-0.3, -0.25) is 9.69 Å². The van der Waals surface area contributed by atoms with Crippen molar-refractivity contribution in [2.45, 2.75) is 52.1 Å². The molecule has 2 aromatic rings. The van der Waals surface area contributed by atoms with Crippen molar-refractivity contribution < 1.29 is 4.79 Å². The van der Waals surface area contributed by atoms with Crippen molar-refractivity contribution >= 4 is 5.91 Å². The lowest BCUT2D eigenvalue weighted by molar-refractivity contribution is 0.0932. The summed E-state index contributed by atoms with van der Waals surface area (Å²) in [6.07, 6.45) is 4.89. The fraction of sp³-hybridized carbons (Fsp3) is 0.458. The lowest BCUT2D eigenvalue weighted by Gasteiger charge is -2.26. The summed E-state index contributed by atoms with van der Waals surface area (Å²) in [4.78, 5) is 15.3. The lowest BCUT2D eigenvalue weighted by Crippen LogP contribution is -2.30. The molecule has 27 heavy (non-hydrogen) atoms. The van der Waals surface area contributed by atoms with Crippen molar-refractivity contribution in [3.8, 4) is 0 Å². The smallest absolute Gasteiger partial charge is 0.251 e. The highest BCUT2D eigenvalue weighted by atomic mass is 16.1. The average molecular weight is 365 g/mol. The molecule has 2 aromatic carbocycles. The first kappa shape index (κ1) is 19.6. The summed E-state index contributed by atoms with van der Waals surface area (Å²) in [7, 11) is 0. The van der Waals surface area contributed by atoms with Crippen LogP contribution in [0.1, 0.15) is 67.1 Å². The van der Waals surface area contributed by atoms with Crippen molar-refractivity contribution in [1.82, 2.24) is 10.2 Å². The lowest BCUT2D eigenvalue weighted by atomic mass is 9.96. The molecule has 1 atom stereocenters. The van der Waals surface area contributed by atoms with Crippen LogP contribution in [0.4, 0.5) is 0 Å². The zero-order valence-electron chi connectivity index (χ0n) is 16.7. The Bertz CT molecular complexity index is 703. The van der Waals surface area contributed by atoms with E-state index >= 15 is 0 Å². The highest BCUT2D eigenvalue weighted by Gasteiger charge is 2.17. The first-order valence-electron chi connectivity index (χ1n) is 10.3. The van der Waals surface area contributed by atoms with Crippen molar-refractivity contribution in [2.24, 2.45) is 5.92 Å². The van der Waals surface area contributed by atoms with Crippen LogP contribution in [-0.2, 0) is 6.54 Å². The molecule has 3 rings (SSSR count). The Hall–Kier alpha value is -2.13. The highest BCUT2D eigenvalue weighted by Crippen LogP contribution is 2.22. The molecule has 1 unspecified atom stereocenters. The summed E-state index contributed by atoms with van der Waals surface area (Å²) in [5.74, 6) is 0.524. The monoisotopic (exact) mass is 364 g/mol. The number of piperidine rings is 1. The maximum Gasteiger partial charge on any atom is 0.251 e. The topological polar surface area (TPSA) is 32.3 Å². The summed E-state index contributed by atoms with van der Waals surface area (Å²) in [5, 5.41) is 3.23. The minimum Gasteiger partial charge on any atom is -0.345 e. The van der Waals surface area contributed by atoms with Gasteiger partial charge in [0.1, 0.15) is 0 Å². The van der Waals surface area contributed by atoms with Gasteiger partial charge in [0.2, 0.25) is 0 Å². The van der Waals surface area contributed by atoms with Gasteiger partial charge in [-0.15, -0.1) is 0 Å². The Morgan fingerprint density at radius 3 is 2.26 bits per heavy atom. The molecule has 1 aliphatic heterocycles. The molecule has 0 aromatic heterocycles. The van der Waals surface area contributed by atoms with Crippen LogP contribution in [0.3, 0.4) is 0 Å². The summed E-state index contributed by atoms with van der Waals surface area (Å²) >= 11 is 0. The van der Waals surface area contributed by atoms with E-state index in [1.165, 1.54) is 43.5 Å². The third-order valence-corrected chi connectivity index (χ3v) is 5.29. The average Bonchev–Trinajstić information content (AvgIpc) is 2.69. The SMILES string of the molecule is CC(C)CC(NC(=O)c1ccc(CN2CCCCC2)cc1)c1ccccc1. The van der Waals surface area contributed by atoms with Crippen molar-refractivity contribution in [1.29, 1.82) is 0 Å². The number of carbonyl (C=O) groups excluding carboxylic acids is 1. The van der Waals surface area contributed by atoms with E-state index in [1.54, 1.807) is 0 Å². The first-order valence-corrected chi connectivity index (χ1v) is 10.3. The number of hydrogen-bond acceptors (Lipinski definition) is 2. The summed E-state index contributed by atoms with van der Waals surface area (Å²) in [6.45, 7) is 7.75. The number of hydrogen-bond donors (Lipinski definition) is 1. The molecule has 1 saturated heterocycles. The molecule has 0 bridgehead atoms. The van der Waals surface area contributed by atoms with Gasteiger partial charge in [0.25, 0.3) is 5.91 Å². The molecule has 1 fully saturated rings. The molecule has 1 aliphatic rings. The quantitative estimate of drug-likeness (QED) is 0.733. The molecule has 0 aliphatic carbocycles. The van der Waals surface area contributed by atoms with Gasteiger partial charge < -0.3 is 5.32 Å². The molecule has 0 saturated carbocycles. The number of nitrogens with zero attached hydrogens (tertiary/aromatic N) is 1. The Balaban J connectivity index is 1.63. The molecular weight excluding hydrogens is 332 g/mol. The Morgan fingerprint density at radius 1 is 0.963 bits per heavy atom. The predicted molar refractivity (Wildman–Crippen MR) is 112 cm³/mol. The van der Waals surface area contributed by atoms with E-state index in [0.717, 1.165) is 18.5 Å². The zero-order valence-corrected chi connectivity index (χ0v) is 16.7. The van der Waals surface area contributed by atoms with Gasteiger partial charge in [-0.05, 0) is 61.5 Å². The number of benzene rings is 2. The van der Waals surface area contributed by atoms with Crippen LogP contribution in [0.15, 0.2) is 54.6 Å². The molecular formula is C24H32N2O. The van der Waals surface area contributed by atoms with Crippen LogP contribution < -0.4 is 5.32 Å². The summed E-state index contributed by atoms with van der Waals surface area (Å²) in [5.41, 5.74) is 3.19. The highest BCUT2D eigenvalue weighted by molar-refractivity contribution is 5.94. The van der Waals surface area contributed by atoms with Crippen LogP contribution in [-0.4, -0.2) is 23.9 Å². The van der Waals surface area contributed by atoms with Crippen LogP contribution in [0.25, 0.3) is 0 Å². The van der Waals surface area contributed by atoms with E-state index in [-0.39, 0.29) is 11.9 Å². The fourth-order valence-electron chi connectivity index (χ4n) is 3.81. The molecule has 3 nitrogen and oxygen atoms in total. The van der Waals surface area contributed by atoms with Crippen LogP contribution in [0.2, 0.25) is 0 Å². The largest absolute Gasteiger partial charge is 0.345 e. The van der Waals surface area contributed by atoms with Gasteiger partial charge in [-0.1, -0.05) is 62.7 Å². The third kappa shape index (κ3) is 5.93. The van der Waals surface area contributed by atoms with Crippen molar-refractivity contribution in [2.75, 3.05) is 13.1 Å². The van der Waals surface area contributed by atoms with Crippen molar-refractivity contribution in [3.63, 3.8) is 0 Å². The molecule has 0 spiro atoms. The van der Waals surface area contributed by atoms with Crippen LogP contribution in [0, 0.1) is 5.92 Å². The summed E-state index contributed by atoms with van der Waals surface area (Å²) < 4.78 is 0. The Morgan fingerprint density at radius 2 is 1.63 bits per heavy atom. The third-order valence-electron chi connectivity index (χ3n) is 5.29. The summed E-state index contributed by atoms with van der Waals surface area (Å²) in [6, 6.07) is 18.4. The maximum atomic E-state index is 12.8. The molecule has 0 radical (unpaired) electrons. The Labute approximate surface area is 163 Å². The standard InChI is InChI=1S/C24H32N2O/c1-19(2)17-23(21-9-5-3-6-10-21)25-24(27)22-13-11-20(12-14-22)18-26-15-7-4-8-16-26/h3,5-6,9-14,19,23H,4,7-8,15-18H2,1-2H3,(H,25,27). The van der Waals surface area contributed by atoms with Gasteiger partial charge in [0.05, 0.1) is 6.04 Å². The van der Waals surface area contributed by atoms with E-state index < -0.39 is 0 Å². The van der Waals surface area contributed by atoms with Crippen molar-refractivity contribution in [3.05, 3.63) is 71.3 Å². The van der Waals surface area contributed by atoms with Gasteiger partial charge in [0.15, 0.2) is 0 Å². The minimum atomic E-state index is 0.00836. The number of rotatable bonds is 7. The number of amides is 1. The van der Waals surface area contributed by atoms with Crippen LogP contribution in [0.5, 0.6) is 0 Å². The van der Waals surface area contributed by atoms with Gasteiger partial charge in [0, 0.05) is 12.1 Å². The van der Waals surface area contributed by atoms with Crippen LogP contribution >= 0.6 is 0 Å². The molecule has 3 heteroatoms. The molecule has 1 N–H and O–H groups in total. The van der Waals surface area contributed by atoms with Gasteiger partial charge in [-0.25, -0.2) is 0 Å². The van der Waals surface area contributed by atoms with E-state index in [1.807, 2.05) is 30.3 Å². The maximum absolute atomic E-state index is 12.8.